The normalized spacial score (nSPS) is 18.3. The van der Waals surface area contributed by atoms with Crippen molar-refractivity contribution in [2.24, 2.45) is 0 Å². The number of hydrogen-bond donors (Lipinski definition) is 1. The highest BCUT2D eigenvalue weighted by molar-refractivity contribution is 7.18. The number of carboxylic acids is 1. The van der Waals surface area contributed by atoms with Gasteiger partial charge in [0.2, 0.25) is 5.91 Å². The number of thiazole rings is 1. The molecule has 1 aliphatic heterocycles. The van der Waals surface area contributed by atoms with E-state index in [0.29, 0.717) is 19.4 Å². The maximum Gasteiger partial charge on any atom is 0.334 e. The minimum Gasteiger partial charge on any atom is -0.479 e. The fraction of sp³-hybridized carbons (Fsp3) is 0.438. The molecule has 122 valence electrons. The summed E-state index contributed by atoms with van der Waals surface area (Å²) in [4.78, 5) is 29.3. The number of aromatic nitrogens is 1. The molecule has 1 N–H and O–H groups in total. The van der Waals surface area contributed by atoms with Crippen LogP contribution < -0.4 is 0 Å². The van der Waals surface area contributed by atoms with Crippen molar-refractivity contribution in [1.82, 2.24) is 9.88 Å². The number of aliphatic carboxylic acids is 1. The Kier molecular flexibility index (Phi) is 4.88. The van der Waals surface area contributed by atoms with Crippen molar-refractivity contribution in [3.05, 3.63) is 29.3 Å². The first-order valence-corrected chi connectivity index (χ1v) is 8.42. The quantitative estimate of drug-likeness (QED) is 0.904. The third-order valence-electron chi connectivity index (χ3n) is 3.81. The van der Waals surface area contributed by atoms with Crippen LogP contribution in [0.3, 0.4) is 0 Å². The fourth-order valence-electron chi connectivity index (χ4n) is 2.60. The maximum absolute atomic E-state index is 12.2. The van der Waals surface area contributed by atoms with Crippen molar-refractivity contribution in [1.29, 1.82) is 0 Å². The highest BCUT2D eigenvalue weighted by atomic mass is 32.1. The standard InChI is InChI=1S/C16H18N2O4S/c19-15(18-8-9-22-12(10-18)16(20)21)7-3-6-14-17-11-4-1-2-5-13(11)23-14/h1-2,4-5,12H,3,6-10H2,(H,20,21)/t12-/m1/s1. The zero-order valence-electron chi connectivity index (χ0n) is 12.6. The lowest BCUT2D eigenvalue weighted by Crippen LogP contribution is -2.48. The van der Waals surface area contributed by atoms with E-state index in [0.717, 1.165) is 21.6 Å². The molecule has 1 amide bonds. The van der Waals surface area contributed by atoms with Crippen LogP contribution in [0, 0.1) is 0 Å². The van der Waals surface area contributed by atoms with Gasteiger partial charge in [-0.2, -0.15) is 0 Å². The van der Waals surface area contributed by atoms with E-state index >= 15 is 0 Å². The molecule has 0 bridgehead atoms. The molecular formula is C16H18N2O4S. The van der Waals surface area contributed by atoms with Crippen LogP contribution in [-0.2, 0) is 20.7 Å². The number of morpholine rings is 1. The number of carboxylic acid groups (broad SMARTS) is 1. The van der Waals surface area contributed by atoms with Gasteiger partial charge in [0.15, 0.2) is 6.10 Å². The van der Waals surface area contributed by atoms with Gasteiger partial charge in [0, 0.05) is 13.0 Å². The number of fused-ring (bicyclic) bond motifs is 1. The summed E-state index contributed by atoms with van der Waals surface area (Å²) in [5.74, 6) is -1.03. The van der Waals surface area contributed by atoms with Crippen molar-refractivity contribution in [3.8, 4) is 0 Å². The predicted molar refractivity (Wildman–Crippen MR) is 86.5 cm³/mol. The van der Waals surface area contributed by atoms with Crippen molar-refractivity contribution >= 4 is 33.4 Å². The Morgan fingerprint density at radius 1 is 1.39 bits per heavy atom. The van der Waals surface area contributed by atoms with Gasteiger partial charge in [-0.25, -0.2) is 9.78 Å². The molecule has 0 aliphatic carbocycles. The Labute approximate surface area is 137 Å². The summed E-state index contributed by atoms with van der Waals surface area (Å²) in [5.41, 5.74) is 0.997. The topological polar surface area (TPSA) is 79.7 Å². The van der Waals surface area contributed by atoms with Crippen LogP contribution in [0.15, 0.2) is 24.3 Å². The molecule has 1 aromatic carbocycles. The first-order chi connectivity index (χ1) is 11.1. The Bertz CT molecular complexity index is 682. The third-order valence-corrected chi connectivity index (χ3v) is 4.91. The molecule has 1 aromatic heterocycles. The number of aryl methyl sites for hydroxylation is 1. The molecule has 2 aromatic rings. The molecule has 0 spiro atoms. The van der Waals surface area contributed by atoms with E-state index in [4.69, 9.17) is 9.84 Å². The molecule has 0 unspecified atom stereocenters. The van der Waals surface area contributed by atoms with Crippen molar-refractivity contribution < 1.29 is 19.4 Å². The summed E-state index contributed by atoms with van der Waals surface area (Å²) >= 11 is 1.66. The molecule has 3 rings (SSSR count). The Balaban J connectivity index is 1.50. The van der Waals surface area contributed by atoms with Crippen LogP contribution in [0.1, 0.15) is 17.8 Å². The Morgan fingerprint density at radius 3 is 3.00 bits per heavy atom. The Hall–Kier alpha value is -1.99. The zero-order valence-corrected chi connectivity index (χ0v) is 13.4. The number of ether oxygens (including phenoxy) is 1. The lowest BCUT2D eigenvalue weighted by Gasteiger charge is -2.30. The van der Waals surface area contributed by atoms with Crippen LogP contribution in [0.2, 0.25) is 0 Å². The third kappa shape index (κ3) is 3.86. The van der Waals surface area contributed by atoms with Gasteiger partial charge in [0.05, 0.1) is 28.4 Å². The lowest BCUT2D eigenvalue weighted by atomic mass is 10.2. The highest BCUT2D eigenvalue weighted by Gasteiger charge is 2.28. The van der Waals surface area contributed by atoms with Gasteiger partial charge in [-0.1, -0.05) is 12.1 Å². The van der Waals surface area contributed by atoms with E-state index in [9.17, 15) is 9.59 Å². The lowest BCUT2D eigenvalue weighted by molar-refractivity contribution is -0.159. The van der Waals surface area contributed by atoms with Gasteiger partial charge in [0.25, 0.3) is 0 Å². The van der Waals surface area contributed by atoms with E-state index in [1.807, 2.05) is 24.3 Å². The average Bonchev–Trinajstić information content (AvgIpc) is 2.97. The summed E-state index contributed by atoms with van der Waals surface area (Å²) in [6, 6.07) is 7.99. The fourth-order valence-corrected chi connectivity index (χ4v) is 3.61. The van der Waals surface area contributed by atoms with Gasteiger partial charge < -0.3 is 14.7 Å². The van der Waals surface area contributed by atoms with Gasteiger partial charge >= 0.3 is 5.97 Å². The smallest absolute Gasteiger partial charge is 0.334 e. The summed E-state index contributed by atoms with van der Waals surface area (Å²) < 4.78 is 6.28. The average molecular weight is 334 g/mol. The van der Waals surface area contributed by atoms with E-state index in [-0.39, 0.29) is 19.1 Å². The first kappa shape index (κ1) is 15.9. The largest absolute Gasteiger partial charge is 0.479 e. The van der Waals surface area contributed by atoms with Crippen LogP contribution in [0.5, 0.6) is 0 Å². The minimum atomic E-state index is -1.02. The molecule has 6 nitrogen and oxygen atoms in total. The number of amides is 1. The summed E-state index contributed by atoms with van der Waals surface area (Å²) in [6.45, 7) is 0.875. The van der Waals surface area contributed by atoms with E-state index in [1.165, 1.54) is 0 Å². The number of carbonyl (C=O) groups excluding carboxylic acids is 1. The molecule has 2 heterocycles. The Morgan fingerprint density at radius 2 is 2.22 bits per heavy atom. The van der Waals surface area contributed by atoms with Crippen LogP contribution in [0.4, 0.5) is 0 Å². The summed E-state index contributed by atoms with van der Waals surface area (Å²) in [7, 11) is 0. The second kappa shape index (κ2) is 7.06. The number of nitrogens with zero attached hydrogens (tertiary/aromatic N) is 2. The molecule has 7 heteroatoms. The summed E-state index contributed by atoms with van der Waals surface area (Å²) in [5, 5.41) is 9.99. The number of para-hydroxylation sites is 1. The predicted octanol–water partition coefficient (Wildman–Crippen LogP) is 1.93. The second-order valence-corrected chi connectivity index (χ2v) is 6.58. The maximum atomic E-state index is 12.2. The number of hydrogen-bond acceptors (Lipinski definition) is 5. The molecule has 1 atom stereocenters. The minimum absolute atomic E-state index is 0.0133. The van der Waals surface area contributed by atoms with Gasteiger partial charge in [-0.15, -0.1) is 11.3 Å². The van der Waals surface area contributed by atoms with Crippen LogP contribution in [-0.4, -0.2) is 52.7 Å². The second-order valence-electron chi connectivity index (χ2n) is 5.47. The first-order valence-electron chi connectivity index (χ1n) is 7.60. The van der Waals surface area contributed by atoms with Gasteiger partial charge in [0.1, 0.15) is 0 Å². The molecule has 0 radical (unpaired) electrons. The number of rotatable bonds is 5. The summed E-state index contributed by atoms with van der Waals surface area (Å²) in [6.07, 6.45) is 0.977. The molecule has 23 heavy (non-hydrogen) atoms. The molecular weight excluding hydrogens is 316 g/mol. The van der Waals surface area contributed by atoms with E-state index < -0.39 is 12.1 Å². The molecule has 1 fully saturated rings. The van der Waals surface area contributed by atoms with Gasteiger partial charge in [-0.05, 0) is 25.0 Å². The molecule has 1 aliphatic rings. The SMILES string of the molecule is O=C(O)[C@H]1CN(C(=O)CCCc2nc3ccccc3s2)CCO1. The van der Waals surface area contributed by atoms with Crippen molar-refractivity contribution in [3.63, 3.8) is 0 Å². The molecule has 0 saturated carbocycles. The molecule has 1 saturated heterocycles. The van der Waals surface area contributed by atoms with Crippen molar-refractivity contribution in [2.75, 3.05) is 19.7 Å². The zero-order chi connectivity index (χ0) is 16.2. The monoisotopic (exact) mass is 334 g/mol. The van der Waals surface area contributed by atoms with Crippen LogP contribution >= 0.6 is 11.3 Å². The van der Waals surface area contributed by atoms with E-state index in [2.05, 4.69) is 4.98 Å². The number of carbonyl (C=O) groups is 2. The van der Waals surface area contributed by atoms with Gasteiger partial charge in [-0.3, -0.25) is 4.79 Å². The van der Waals surface area contributed by atoms with Crippen molar-refractivity contribution in [2.45, 2.75) is 25.4 Å². The van der Waals surface area contributed by atoms with E-state index in [1.54, 1.807) is 16.2 Å². The number of benzene rings is 1. The van der Waals surface area contributed by atoms with Crippen LogP contribution in [0.25, 0.3) is 10.2 Å². The highest BCUT2D eigenvalue weighted by Crippen LogP contribution is 2.22.